The third kappa shape index (κ3) is 5.88. The number of hydrogen-bond donors (Lipinski definition) is 2. The van der Waals surface area contributed by atoms with Crippen LogP contribution in [0.4, 0.5) is 5.69 Å². The van der Waals surface area contributed by atoms with Gasteiger partial charge in [0.1, 0.15) is 0 Å². The van der Waals surface area contributed by atoms with Crippen molar-refractivity contribution >= 4 is 21.6 Å². The summed E-state index contributed by atoms with van der Waals surface area (Å²) in [5.74, 6) is -0.122. The summed E-state index contributed by atoms with van der Waals surface area (Å²) < 4.78 is 26.6. The zero-order chi connectivity index (χ0) is 21.6. The Balaban J connectivity index is 2.03. The Hall–Kier alpha value is -2.22. The monoisotopic (exact) mass is 417 g/mol. The van der Waals surface area contributed by atoms with Crippen molar-refractivity contribution in [3.63, 3.8) is 0 Å². The maximum atomic E-state index is 12.6. The van der Waals surface area contributed by atoms with E-state index in [9.17, 15) is 13.2 Å². The fourth-order valence-corrected chi connectivity index (χ4v) is 4.62. The van der Waals surface area contributed by atoms with Crippen LogP contribution in [0.1, 0.15) is 44.9 Å². The Morgan fingerprint density at radius 1 is 1.03 bits per heavy atom. The molecule has 1 amide bonds. The van der Waals surface area contributed by atoms with E-state index in [2.05, 4.69) is 10.6 Å². The van der Waals surface area contributed by atoms with Crippen molar-refractivity contribution in [1.29, 1.82) is 0 Å². The number of carbonyl (C=O) groups excluding carboxylic acids is 1. The summed E-state index contributed by atoms with van der Waals surface area (Å²) in [6, 6.07) is 14.0. The molecule has 0 fully saturated rings. The summed E-state index contributed by atoms with van der Waals surface area (Å²) in [5.41, 5.74) is 2.76. The summed E-state index contributed by atoms with van der Waals surface area (Å²) in [6.07, 6.45) is 0. The molecular formula is C22H31N3O3S. The standard InChI is InChI=1S/C22H31N3O3S/c1-6-25(7-2)29(27,28)21-13-11-19(12-14-21)17(4)23-18(5)22(26)24-20-10-8-9-16(3)15-20/h8-15,17-18,23H,6-7H2,1-5H3,(H,24,26)/t17-,18-/m0/s1. The lowest BCUT2D eigenvalue weighted by atomic mass is 10.1. The van der Waals surface area contributed by atoms with Crippen LogP contribution >= 0.6 is 0 Å². The molecule has 2 rings (SSSR count). The van der Waals surface area contributed by atoms with Gasteiger partial charge >= 0.3 is 0 Å². The molecule has 2 aromatic rings. The fourth-order valence-electron chi connectivity index (χ4n) is 3.16. The van der Waals surface area contributed by atoms with Gasteiger partial charge in [-0.05, 0) is 56.2 Å². The van der Waals surface area contributed by atoms with Crippen molar-refractivity contribution in [3.8, 4) is 0 Å². The molecule has 2 aromatic carbocycles. The first-order chi connectivity index (χ1) is 13.7. The Morgan fingerprint density at radius 3 is 2.21 bits per heavy atom. The molecule has 2 atom stereocenters. The van der Waals surface area contributed by atoms with E-state index in [1.165, 1.54) is 4.31 Å². The first-order valence-electron chi connectivity index (χ1n) is 9.92. The second kappa shape index (κ2) is 10.0. The van der Waals surface area contributed by atoms with Crippen molar-refractivity contribution in [2.24, 2.45) is 0 Å². The molecule has 29 heavy (non-hydrogen) atoms. The minimum Gasteiger partial charge on any atom is -0.325 e. The molecule has 0 aliphatic rings. The Labute approximate surface area is 174 Å². The van der Waals surface area contributed by atoms with Crippen LogP contribution in [0.15, 0.2) is 53.4 Å². The highest BCUT2D eigenvalue weighted by Gasteiger charge is 2.22. The SMILES string of the molecule is CCN(CC)S(=O)(=O)c1ccc([C@H](C)N[C@@H](C)C(=O)Nc2cccc(C)c2)cc1. The van der Waals surface area contributed by atoms with E-state index in [0.29, 0.717) is 13.1 Å². The average molecular weight is 418 g/mol. The highest BCUT2D eigenvalue weighted by Crippen LogP contribution is 2.20. The van der Waals surface area contributed by atoms with E-state index in [-0.39, 0.29) is 16.8 Å². The molecule has 6 nitrogen and oxygen atoms in total. The molecule has 0 saturated carbocycles. The molecule has 7 heteroatoms. The topological polar surface area (TPSA) is 78.5 Å². The van der Waals surface area contributed by atoms with Gasteiger partial charge in [-0.2, -0.15) is 4.31 Å². The smallest absolute Gasteiger partial charge is 0.243 e. The maximum absolute atomic E-state index is 12.6. The zero-order valence-corrected chi connectivity index (χ0v) is 18.6. The number of aryl methyl sites for hydroxylation is 1. The normalized spacial score (nSPS) is 13.9. The second-order valence-corrected chi connectivity index (χ2v) is 9.07. The number of benzene rings is 2. The van der Waals surface area contributed by atoms with Crippen molar-refractivity contribution < 1.29 is 13.2 Å². The number of nitrogens with zero attached hydrogens (tertiary/aromatic N) is 1. The summed E-state index contributed by atoms with van der Waals surface area (Å²) in [5, 5.41) is 6.17. The van der Waals surface area contributed by atoms with Crippen LogP contribution in [-0.4, -0.2) is 37.8 Å². The Kier molecular flexibility index (Phi) is 7.96. The van der Waals surface area contributed by atoms with Crippen LogP contribution in [0.5, 0.6) is 0 Å². The molecule has 0 bridgehead atoms. The maximum Gasteiger partial charge on any atom is 0.243 e. The van der Waals surface area contributed by atoms with Gasteiger partial charge in [-0.15, -0.1) is 0 Å². The fraction of sp³-hybridized carbons (Fsp3) is 0.409. The highest BCUT2D eigenvalue weighted by molar-refractivity contribution is 7.89. The summed E-state index contributed by atoms with van der Waals surface area (Å²) in [7, 11) is -3.47. The predicted molar refractivity (Wildman–Crippen MR) is 117 cm³/mol. The lowest BCUT2D eigenvalue weighted by molar-refractivity contribution is -0.117. The van der Waals surface area contributed by atoms with Gasteiger partial charge in [-0.1, -0.05) is 38.1 Å². The molecule has 0 aliphatic heterocycles. The van der Waals surface area contributed by atoms with Gasteiger partial charge in [0, 0.05) is 24.8 Å². The van der Waals surface area contributed by atoms with Crippen molar-refractivity contribution in [2.75, 3.05) is 18.4 Å². The number of carbonyl (C=O) groups is 1. The Morgan fingerprint density at radius 2 is 1.66 bits per heavy atom. The zero-order valence-electron chi connectivity index (χ0n) is 17.8. The quantitative estimate of drug-likeness (QED) is 0.652. The minimum atomic E-state index is -3.47. The van der Waals surface area contributed by atoms with Crippen molar-refractivity contribution in [2.45, 2.75) is 51.6 Å². The molecule has 158 valence electrons. The second-order valence-electron chi connectivity index (χ2n) is 7.13. The van der Waals surface area contributed by atoms with Crippen LogP contribution in [0.2, 0.25) is 0 Å². The van der Waals surface area contributed by atoms with Crippen LogP contribution < -0.4 is 10.6 Å². The van der Waals surface area contributed by atoms with Gasteiger partial charge in [0.05, 0.1) is 10.9 Å². The molecule has 2 N–H and O–H groups in total. The molecule has 0 aliphatic carbocycles. The molecule has 0 unspecified atom stereocenters. The number of hydrogen-bond acceptors (Lipinski definition) is 4. The van der Waals surface area contributed by atoms with Gasteiger partial charge in [0.25, 0.3) is 0 Å². The van der Waals surface area contributed by atoms with Gasteiger partial charge in [-0.25, -0.2) is 8.42 Å². The van der Waals surface area contributed by atoms with Crippen LogP contribution in [0, 0.1) is 6.92 Å². The lowest BCUT2D eigenvalue weighted by Crippen LogP contribution is -2.39. The first kappa shape index (κ1) is 23.1. The van der Waals surface area contributed by atoms with Gasteiger partial charge in [-0.3, -0.25) is 10.1 Å². The van der Waals surface area contributed by atoms with E-state index in [4.69, 9.17) is 0 Å². The molecule has 0 saturated heterocycles. The Bertz CT molecular complexity index is 923. The van der Waals surface area contributed by atoms with Crippen LogP contribution in [0.3, 0.4) is 0 Å². The third-order valence-electron chi connectivity index (χ3n) is 4.90. The number of rotatable bonds is 9. The van der Waals surface area contributed by atoms with Crippen LogP contribution in [-0.2, 0) is 14.8 Å². The molecule has 0 spiro atoms. The van der Waals surface area contributed by atoms with E-state index in [1.54, 1.807) is 31.2 Å². The third-order valence-corrected chi connectivity index (χ3v) is 6.97. The van der Waals surface area contributed by atoms with Crippen molar-refractivity contribution in [3.05, 3.63) is 59.7 Å². The number of nitrogens with one attached hydrogen (secondary N) is 2. The molecule has 0 heterocycles. The van der Waals surface area contributed by atoms with E-state index >= 15 is 0 Å². The number of amides is 1. The summed E-state index contributed by atoms with van der Waals surface area (Å²) in [4.78, 5) is 12.7. The summed E-state index contributed by atoms with van der Waals surface area (Å²) >= 11 is 0. The van der Waals surface area contributed by atoms with Crippen molar-refractivity contribution in [1.82, 2.24) is 9.62 Å². The number of sulfonamides is 1. The molecule has 0 aromatic heterocycles. The van der Waals surface area contributed by atoms with Gasteiger partial charge in [0.2, 0.25) is 15.9 Å². The van der Waals surface area contributed by atoms with E-state index in [0.717, 1.165) is 16.8 Å². The lowest BCUT2D eigenvalue weighted by Gasteiger charge is -2.21. The van der Waals surface area contributed by atoms with Gasteiger partial charge in [0.15, 0.2) is 0 Å². The highest BCUT2D eigenvalue weighted by atomic mass is 32.2. The average Bonchev–Trinajstić information content (AvgIpc) is 2.68. The van der Waals surface area contributed by atoms with Gasteiger partial charge < -0.3 is 5.32 Å². The minimum absolute atomic E-state index is 0.113. The van der Waals surface area contributed by atoms with E-state index < -0.39 is 16.1 Å². The predicted octanol–water partition coefficient (Wildman–Crippen LogP) is 3.70. The summed E-state index contributed by atoms with van der Waals surface area (Å²) in [6.45, 7) is 10.3. The van der Waals surface area contributed by atoms with E-state index in [1.807, 2.05) is 52.0 Å². The molecular weight excluding hydrogens is 386 g/mol. The number of anilines is 1. The first-order valence-corrected chi connectivity index (χ1v) is 11.4. The molecule has 0 radical (unpaired) electrons. The largest absolute Gasteiger partial charge is 0.325 e. The van der Waals surface area contributed by atoms with Crippen LogP contribution in [0.25, 0.3) is 0 Å².